The van der Waals surface area contributed by atoms with E-state index in [1.165, 1.54) is 0 Å². The quantitative estimate of drug-likeness (QED) is 0.858. The fourth-order valence-corrected chi connectivity index (χ4v) is 4.27. The number of rotatable bonds is 5. The fourth-order valence-electron chi connectivity index (χ4n) is 4.27. The van der Waals surface area contributed by atoms with Crippen LogP contribution in [-0.2, 0) is 16.1 Å². The zero-order valence-electron chi connectivity index (χ0n) is 16.4. The Hall–Kier alpha value is -2.64. The maximum Gasteiger partial charge on any atom is 0.244 e. The zero-order chi connectivity index (χ0) is 19.5. The van der Waals surface area contributed by atoms with Crippen LogP contribution in [0.4, 0.5) is 5.82 Å². The molecule has 2 aromatic rings. The molecule has 150 valence electrons. The van der Waals surface area contributed by atoms with Gasteiger partial charge in [-0.1, -0.05) is 12.8 Å². The van der Waals surface area contributed by atoms with Crippen molar-refractivity contribution in [3.63, 3.8) is 0 Å². The number of amides is 2. The van der Waals surface area contributed by atoms with Gasteiger partial charge in [0.2, 0.25) is 11.8 Å². The molecule has 1 saturated heterocycles. The van der Waals surface area contributed by atoms with Gasteiger partial charge in [-0.15, -0.1) is 0 Å². The summed E-state index contributed by atoms with van der Waals surface area (Å²) >= 11 is 0. The summed E-state index contributed by atoms with van der Waals surface area (Å²) in [6, 6.07) is 3.97. The molecule has 0 aromatic carbocycles. The highest BCUT2D eigenvalue weighted by Gasteiger charge is 2.27. The summed E-state index contributed by atoms with van der Waals surface area (Å²) in [6.07, 6.45) is 9.48. The average Bonchev–Trinajstić information content (AvgIpc) is 3.44. The van der Waals surface area contributed by atoms with Gasteiger partial charge in [-0.2, -0.15) is 10.2 Å². The van der Waals surface area contributed by atoms with Gasteiger partial charge in [0.1, 0.15) is 12.4 Å². The molecule has 0 atom stereocenters. The second-order valence-corrected chi connectivity index (χ2v) is 7.90. The molecule has 0 spiro atoms. The van der Waals surface area contributed by atoms with E-state index in [0.29, 0.717) is 13.1 Å². The molecular formula is C20H28N6O2. The van der Waals surface area contributed by atoms with E-state index >= 15 is 0 Å². The maximum atomic E-state index is 12.5. The number of carbonyl (C=O) groups excluding carboxylic acids is 2. The number of aromatic nitrogens is 4. The molecule has 8 nitrogen and oxygen atoms in total. The Morgan fingerprint density at radius 1 is 1.14 bits per heavy atom. The summed E-state index contributed by atoms with van der Waals surface area (Å²) in [7, 11) is 0. The van der Waals surface area contributed by atoms with Crippen LogP contribution in [0.2, 0.25) is 0 Å². The van der Waals surface area contributed by atoms with Gasteiger partial charge in [-0.05, 0) is 38.7 Å². The van der Waals surface area contributed by atoms with E-state index in [0.717, 1.165) is 50.0 Å². The molecule has 0 radical (unpaired) electrons. The van der Waals surface area contributed by atoms with Crippen molar-refractivity contribution in [2.45, 2.75) is 58.0 Å². The minimum absolute atomic E-state index is 0.0942. The number of likely N-dealkylation sites (tertiary alicyclic amines) is 1. The standard InChI is InChI=1S/C20H28N6O2/c1-15-7-13-25(23-15)14-19(27)24-11-8-17(9-12-24)26-18(6-10-21-26)22-20(28)16-4-2-3-5-16/h6-7,10,13,16-17H,2-5,8-9,11-12,14H2,1H3,(H,22,28). The van der Waals surface area contributed by atoms with Gasteiger partial charge in [0.15, 0.2) is 0 Å². The molecule has 2 amide bonds. The van der Waals surface area contributed by atoms with E-state index in [4.69, 9.17) is 0 Å². The number of anilines is 1. The molecule has 2 aliphatic rings. The third-order valence-corrected chi connectivity index (χ3v) is 5.88. The summed E-state index contributed by atoms with van der Waals surface area (Å²) < 4.78 is 3.61. The van der Waals surface area contributed by atoms with Crippen LogP contribution >= 0.6 is 0 Å². The van der Waals surface area contributed by atoms with Crippen LogP contribution < -0.4 is 5.32 Å². The first-order chi connectivity index (χ1) is 13.6. The highest BCUT2D eigenvalue weighted by atomic mass is 16.2. The summed E-state index contributed by atoms with van der Waals surface area (Å²) in [5.41, 5.74) is 0.914. The van der Waals surface area contributed by atoms with Gasteiger partial charge in [0.25, 0.3) is 0 Å². The monoisotopic (exact) mass is 384 g/mol. The predicted molar refractivity (Wildman–Crippen MR) is 105 cm³/mol. The Morgan fingerprint density at radius 3 is 2.57 bits per heavy atom. The number of nitrogens with zero attached hydrogens (tertiary/aromatic N) is 5. The van der Waals surface area contributed by atoms with E-state index in [-0.39, 0.29) is 30.3 Å². The van der Waals surface area contributed by atoms with E-state index in [2.05, 4.69) is 15.5 Å². The topological polar surface area (TPSA) is 85.0 Å². The molecule has 8 heteroatoms. The van der Waals surface area contributed by atoms with E-state index in [9.17, 15) is 9.59 Å². The largest absolute Gasteiger partial charge is 0.341 e. The number of carbonyl (C=O) groups is 2. The molecule has 2 aromatic heterocycles. The summed E-state index contributed by atoms with van der Waals surface area (Å²) in [5, 5.41) is 11.8. The first-order valence-electron chi connectivity index (χ1n) is 10.2. The third kappa shape index (κ3) is 4.10. The molecule has 0 unspecified atom stereocenters. The van der Waals surface area contributed by atoms with Crippen molar-refractivity contribution in [2.75, 3.05) is 18.4 Å². The molecular weight excluding hydrogens is 356 g/mol. The highest BCUT2D eigenvalue weighted by Crippen LogP contribution is 2.28. The summed E-state index contributed by atoms with van der Waals surface area (Å²) in [5.74, 6) is 1.11. The lowest BCUT2D eigenvalue weighted by Gasteiger charge is -2.32. The molecule has 2 fully saturated rings. The highest BCUT2D eigenvalue weighted by molar-refractivity contribution is 5.91. The summed E-state index contributed by atoms with van der Waals surface area (Å²) in [6.45, 7) is 3.59. The van der Waals surface area contributed by atoms with Crippen molar-refractivity contribution in [3.8, 4) is 0 Å². The van der Waals surface area contributed by atoms with E-state index < -0.39 is 0 Å². The first kappa shape index (κ1) is 18.7. The molecule has 4 rings (SSSR count). The molecule has 1 aliphatic carbocycles. The second kappa shape index (κ2) is 8.16. The normalized spacial score (nSPS) is 18.5. The van der Waals surface area contributed by atoms with Crippen molar-refractivity contribution >= 4 is 17.6 Å². The van der Waals surface area contributed by atoms with Crippen molar-refractivity contribution in [2.24, 2.45) is 5.92 Å². The van der Waals surface area contributed by atoms with Gasteiger partial charge in [0, 0.05) is 31.3 Å². The Labute approximate surface area is 164 Å². The average molecular weight is 384 g/mol. The van der Waals surface area contributed by atoms with Crippen LogP contribution in [0.5, 0.6) is 0 Å². The van der Waals surface area contributed by atoms with Crippen molar-refractivity contribution < 1.29 is 9.59 Å². The van der Waals surface area contributed by atoms with E-state index in [1.807, 2.05) is 34.8 Å². The molecule has 1 saturated carbocycles. The SMILES string of the molecule is Cc1ccn(CC(=O)N2CCC(n3nccc3NC(=O)C3CCCC3)CC2)n1. The molecule has 3 heterocycles. The fraction of sp³-hybridized carbons (Fsp3) is 0.600. The third-order valence-electron chi connectivity index (χ3n) is 5.88. The lowest BCUT2D eigenvalue weighted by molar-refractivity contribution is -0.133. The lowest BCUT2D eigenvalue weighted by Crippen LogP contribution is -2.41. The van der Waals surface area contributed by atoms with Gasteiger partial charge in [0.05, 0.1) is 17.9 Å². The van der Waals surface area contributed by atoms with Crippen LogP contribution in [-0.4, -0.2) is 49.4 Å². The number of hydrogen-bond acceptors (Lipinski definition) is 4. The number of aryl methyl sites for hydroxylation is 1. The minimum Gasteiger partial charge on any atom is -0.341 e. The predicted octanol–water partition coefficient (Wildman–Crippen LogP) is 2.38. The Morgan fingerprint density at radius 2 is 1.89 bits per heavy atom. The second-order valence-electron chi connectivity index (χ2n) is 7.90. The van der Waals surface area contributed by atoms with Gasteiger partial charge >= 0.3 is 0 Å². The zero-order valence-corrected chi connectivity index (χ0v) is 16.4. The maximum absolute atomic E-state index is 12.5. The number of hydrogen-bond donors (Lipinski definition) is 1. The number of piperidine rings is 1. The van der Waals surface area contributed by atoms with Crippen LogP contribution in [0.25, 0.3) is 0 Å². The molecule has 28 heavy (non-hydrogen) atoms. The Balaban J connectivity index is 1.32. The number of nitrogens with one attached hydrogen (secondary N) is 1. The smallest absolute Gasteiger partial charge is 0.244 e. The molecule has 1 aliphatic heterocycles. The van der Waals surface area contributed by atoms with Crippen molar-refractivity contribution in [3.05, 3.63) is 30.2 Å². The first-order valence-corrected chi connectivity index (χ1v) is 10.2. The van der Waals surface area contributed by atoms with Gasteiger partial charge < -0.3 is 10.2 Å². The van der Waals surface area contributed by atoms with E-state index in [1.54, 1.807) is 10.9 Å². The summed E-state index contributed by atoms with van der Waals surface area (Å²) in [4.78, 5) is 26.9. The Kier molecular flexibility index (Phi) is 5.45. The molecule has 1 N–H and O–H groups in total. The minimum atomic E-state index is 0.0942. The lowest BCUT2D eigenvalue weighted by atomic mass is 10.0. The van der Waals surface area contributed by atoms with Crippen LogP contribution in [0, 0.1) is 12.8 Å². The van der Waals surface area contributed by atoms with Gasteiger partial charge in [-0.25, -0.2) is 4.68 Å². The Bertz CT molecular complexity index is 827. The van der Waals surface area contributed by atoms with Crippen LogP contribution in [0.3, 0.4) is 0 Å². The van der Waals surface area contributed by atoms with Crippen LogP contribution in [0.15, 0.2) is 24.5 Å². The van der Waals surface area contributed by atoms with Gasteiger partial charge in [-0.3, -0.25) is 14.3 Å². The van der Waals surface area contributed by atoms with Crippen molar-refractivity contribution in [1.29, 1.82) is 0 Å². The van der Waals surface area contributed by atoms with Crippen molar-refractivity contribution in [1.82, 2.24) is 24.5 Å². The van der Waals surface area contributed by atoms with Crippen LogP contribution in [0.1, 0.15) is 50.3 Å². The molecule has 0 bridgehead atoms.